The summed E-state index contributed by atoms with van der Waals surface area (Å²) >= 11 is 0. The van der Waals surface area contributed by atoms with Crippen LogP contribution in [0.4, 0.5) is 0 Å². The Kier molecular flexibility index (Phi) is 7.04. The van der Waals surface area contributed by atoms with Gasteiger partial charge in [-0.2, -0.15) is 0 Å². The summed E-state index contributed by atoms with van der Waals surface area (Å²) in [4.78, 5) is 15.4. The van der Waals surface area contributed by atoms with Crippen LogP contribution >= 0.6 is 0 Å². The molecule has 58 heavy (non-hydrogen) atoms. The number of para-hydroxylation sites is 4. The van der Waals surface area contributed by atoms with Crippen LogP contribution in [-0.2, 0) is 0 Å². The molecule has 0 saturated heterocycles. The van der Waals surface area contributed by atoms with Crippen molar-refractivity contribution in [3.8, 4) is 45.5 Å². The predicted octanol–water partition coefficient (Wildman–Crippen LogP) is 13.3. The molecule has 0 spiro atoms. The number of hydrogen-bond donors (Lipinski definition) is 0. The third-order valence-electron chi connectivity index (χ3n) is 11.5. The molecule has 0 atom stereocenters. The van der Waals surface area contributed by atoms with Gasteiger partial charge in [-0.05, 0) is 48.9 Å². The summed E-state index contributed by atoms with van der Waals surface area (Å²) in [6, 6.07) is 63.6. The first-order valence-electron chi connectivity index (χ1n) is 19.5. The summed E-state index contributed by atoms with van der Waals surface area (Å²) < 4.78 is 11.9. The Morgan fingerprint density at radius 3 is 1.53 bits per heavy atom. The van der Waals surface area contributed by atoms with Crippen LogP contribution in [0.15, 0.2) is 186 Å². The Labute approximate surface area is 332 Å². The van der Waals surface area contributed by atoms with Gasteiger partial charge in [-0.25, -0.2) is 15.0 Å². The highest BCUT2D eigenvalue weighted by atomic mass is 16.3. The molecule has 8 aromatic carbocycles. The summed E-state index contributed by atoms with van der Waals surface area (Å²) in [7, 11) is 0. The van der Waals surface area contributed by atoms with Gasteiger partial charge in [0.05, 0.1) is 38.7 Å². The number of rotatable bonds is 5. The minimum Gasteiger partial charge on any atom is -0.455 e. The van der Waals surface area contributed by atoms with Gasteiger partial charge in [0.15, 0.2) is 17.5 Å². The highest BCUT2D eigenvalue weighted by molar-refractivity contribution is 6.25. The lowest BCUT2D eigenvalue weighted by molar-refractivity contribution is 0.669. The summed E-state index contributed by atoms with van der Waals surface area (Å²) in [5.74, 6) is 1.78. The van der Waals surface area contributed by atoms with Crippen LogP contribution < -0.4 is 0 Å². The average Bonchev–Trinajstić information content (AvgIpc) is 3.95. The number of aryl methyl sites for hydroxylation is 1. The van der Waals surface area contributed by atoms with Gasteiger partial charge in [0, 0.05) is 43.7 Å². The molecule has 12 rings (SSSR count). The van der Waals surface area contributed by atoms with Crippen molar-refractivity contribution in [1.29, 1.82) is 0 Å². The molecule has 0 N–H and O–H groups in total. The van der Waals surface area contributed by atoms with Gasteiger partial charge in [0.25, 0.3) is 0 Å². The van der Waals surface area contributed by atoms with Crippen molar-refractivity contribution in [2.75, 3.05) is 0 Å². The van der Waals surface area contributed by atoms with Crippen LogP contribution in [0.25, 0.3) is 111 Å². The van der Waals surface area contributed by atoms with Crippen molar-refractivity contribution in [2.24, 2.45) is 0 Å². The van der Waals surface area contributed by atoms with Crippen LogP contribution in [-0.4, -0.2) is 24.1 Å². The molecule has 0 aliphatic rings. The number of furan rings is 1. The van der Waals surface area contributed by atoms with E-state index in [9.17, 15) is 0 Å². The molecule has 0 fully saturated rings. The molecule has 0 bridgehead atoms. The first-order chi connectivity index (χ1) is 28.7. The van der Waals surface area contributed by atoms with E-state index in [1.165, 1.54) is 21.5 Å². The second-order valence-corrected chi connectivity index (χ2v) is 14.8. The first-order valence-corrected chi connectivity index (χ1v) is 19.5. The SMILES string of the molecule is Cc1cc(-n2c3ccccc3c3ccc4c5ccccc5n(-c5ccccc5)c4c32)c2c(oc3ccccc32)c1-c1nc(-c2ccccc2)nc(-c2ccccc2)n1. The zero-order valence-electron chi connectivity index (χ0n) is 31.5. The molecule has 0 amide bonds. The van der Waals surface area contributed by atoms with E-state index in [0.29, 0.717) is 17.5 Å². The fraction of sp³-hybridized carbons (Fsp3) is 0.0192. The number of nitrogens with zero attached hydrogens (tertiary/aromatic N) is 5. The predicted molar refractivity (Wildman–Crippen MR) is 237 cm³/mol. The van der Waals surface area contributed by atoms with E-state index in [-0.39, 0.29) is 0 Å². The van der Waals surface area contributed by atoms with E-state index in [0.717, 1.165) is 77.6 Å². The Balaban J connectivity index is 1.24. The molecule has 0 radical (unpaired) electrons. The molecular weight excluding hydrogens is 711 g/mol. The van der Waals surface area contributed by atoms with E-state index in [1.54, 1.807) is 0 Å². The second kappa shape index (κ2) is 12.6. The van der Waals surface area contributed by atoms with Crippen molar-refractivity contribution in [3.05, 3.63) is 188 Å². The maximum absolute atomic E-state index is 6.98. The Bertz CT molecular complexity index is 3510. The molecule has 6 heteroatoms. The lowest BCUT2D eigenvalue weighted by atomic mass is 10.0. The van der Waals surface area contributed by atoms with Gasteiger partial charge in [-0.15, -0.1) is 0 Å². The third kappa shape index (κ3) is 4.75. The molecule has 272 valence electrons. The van der Waals surface area contributed by atoms with Crippen molar-refractivity contribution in [3.63, 3.8) is 0 Å². The normalized spacial score (nSPS) is 11.9. The minimum absolute atomic E-state index is 0.564. The second-order valence-electron chi connectivity index (χ2n) is 14.8. The zero-order valence-corrected chi connectivity index (χ0v) is 31.5. The van der Waals surface area contributed by atoms with Crippen molar-refractivity contribution >= 4 is 65.6 Å². The topological polar surface area (TPSA) is 61.7 Å². The average molecular weight is 744 g/mol. The van der Waals surface area contributed by atoms with Crippen LogP contribution in [0, 0.1) is 6.92 Å². The first kappa shape index (κ1) is 32.4. The molecule has 4 aromatic heterocycles. The van der Waals surface area contributed by atoms with E-state index < -0.39 is 0 Å². The lowest BCUT2D eigenvalue weighted by Crippen LogP contribution is -2.03. The van der Waals surface area contributed by atoms with Crippen LogP contribution in [0.1, 0.15) is 5.56 Å². The van der Waals surface area contributed by atoms with E-state index in [2.05, 4.69) is 125 Å². The van der Waals surface area contributed by atoms with Gasteiger partial charge >= 0.3 is 0 Å². The summed E-state index contributed by atoms with van der Waals surface area (Å²) in [6.07, 6.45) is 0. The molecule has 6 nitrogen and oxygen atoms in total. The molecule has 12 aromatic rings. The van der Waals surface area contributed by atoms with Crippen molar-refractivity contribution in [1.82, 2.24) is 24.1 Å². The Morgan fingerprint density at radius 1 is 0.431 bits per heavy atom. The van der Waals surface area contributed by atoms with Crippen molar-refractivity contribution in [2.45, 2.75) is 6.92 Å². The quantitative estimate of drug-likeness (QED) is 0.176. The maximum Gasteiger partial charge on any atom is 0.168 e. The number of hydrogen-bond acceptors (Lipinski definition) is 4. The Morgan fingerprint density at radius 2 is 0.914 bits per heavy atom. The lowest BCUT2D eigenvalue weighted by Gasteiger charge is -2.16. The van der Waals surface area contributed by atoms with E-state index >= 15 is 0 Å². The summed E-state index contributed by atoms with van der Waals surface area (Å²) in [5.41, 5.74) is 11.9. The van der Waals surface area contributed by atoms with Crippen LogP contribution in [0.2, 0.25) is 0 Å². The summed E-state index contributed by atoms with van der Waals surface area (Å²) in [6.45, 7) is 2.14. The smallest absolute Gasteiger partial charge is 0.168 e. The van der Waals surface area contributed by atoms with Gasteiger partial charge in [-0.1, -0.05) is 146 Å². The highest BCUT2D eigenvalue weighted by Gasteiger charge is 2.27. The highest BCUT2D eigenvalue weighted by Crippen LogP contribution is 2.46. The molecule has 4 heterocycles. The maximum atomic E-state index is 6.98. The van der Waals surface area contributed by atoms with Crippen LogP contribution in [0.5, 0.6) is 0 Å². The van der Waals surface area contributed by atoms with Crippen molar-refractivity contribution < 1.29 is 4.42 Å². The largest absolute Gasteiger partial charge is 0.455 e. The molecule has 0 aliphatic carbocycles. The molecule has 0 saturated carbocycles. The van der Waals surface area contributed by atoms with Gasteiger partial charge in [-0.3, -0.25) is 0 Å². The fourth-order valence-corrected chi connectivity index (χ4v) is 8.98. The molecule has 0 aliphatic heterocycles. The molecule has 0 unspecified atom stereocenters. The number of benzene rings is 8. The zero-order chi connectivity index (χ0) is 38.3. The Hall–Kier alpha value is -7.83. The standard InChI is InChI=1S/C52H33N5O/c1-32-31-43(57-42-27-15-12-24-37(42)39-30-29-38-36-23-11-14-26-41(36)56(47(38)48(39)57)35-21-9-4-10-22-35)46-40-25-13-16-28-44(40)58-49(46)45(32)52-54-50(33-17-5-2-6-18-33)53-51(55-52)34-19-7-3-8-20-34/h2-31H,1H3. The van der Waals surface area contributed by atoms with Gasteiger partial charge in [0.1, 0.15) is 11.2 Å². The molecular formula is C52H33N5O. The monoisotopic (exact) mass is 743 g/mol. The van der Waals surface area contributed by atoms with E-state index in [1.807, 2.05) is 72.8 Å². The third-order valence-corrected chi connectivity index (χ3v) is 11.5. The van der Waals surface area contributed by atoms with Crippen LogP contribution in [0.3, 0.4) is 0 Å². The minimum atomic E-state index is 0.564. The summed E-state index contributed by atoms with van der Waals surface area (Å²) in [5, 5.41) is 6.80. The van der Waals surface area contributed by atoms with Gasteiger partial charge < -0.3 is 13.6 Å². The van der Waals surface area contributed by atoms with E-state index in [4.69, 9.17) is 19.4 Å². The van der Waals surface area contributed by atoms with Gasteiger partial charge in [0.2, 0.25) is 0 Å². The number of aromatic nitrogens is 5. The fourth-order valence-electron chi connectivity index (χ4n) is 8.98. The number of fused-ring (bicyclic) bond motifs is 10.